The van der Waals surface area contributed by atoms with Crippen LogP contribution in [0.3, 0.4) is 0 Å². The first-order valence-electron chi connectivity index (χ1n) is 15.9. The van der Waals surface area contributed by atoms with Crippen molar-refractivity contribution in [2.45, 2.75) is 76.2 Å². The zero-order valence-corrected chi connectivity index (χ0v) is 27.9. The van der Waals surface area contributed by atoms with Gasteiger partial charge in [-0.3, -0.25) is 9.89 Å². The molecular formula is C32H41N7O7S. The highest BCUT2D eigenvalue weighted by Crippen LogP contribution is 2.41. The number of esters is 1. The molecule has 1 saturated carbocycles. The Bertz CT molecular complexity index is 1650. The minimum Gasteiger partial charge on any atom is -0.459 e. The predicted octanol–water partition coefficient (Wildman–Crippen LogP) is 6.16. The van der Waals surface area contributed by atoms with Gasteiger partial charge in [0.15, 0.2) is 11.5 Å². The van der Waals surface area contributed by atoms with E-state index in [1.165, 1.54) is 21.7 Å². The van der Waals surface area contributed by atoms with E-state index < -0.39 is 18.0 Å². The molecule has 3 aromatic rings. The van der Waals surface area contributed by atoms with Crippen molar-refractivity contribution in [1.29, 1.82) is 0 Å². The number of aromatic nitrogens is 3. The van der Waals surface area contributed by atoms with Crippen molar-refractivity contribution in [3.8, 4) is 17.3 Å². The first-order valence-corrected chi connectivity index (χ1v) is 16.6. The number of hydrogen-bond acceptors (Lipinski definition) is 10. The minimum absolute atomic E-state index is 0.0495. The smallest absolute Gasteiger partial charge is 0.415 e. The molecule has 14 nitrogen and oxygen atoms in total. The Balaban J connectivity index is 1.58. The van der Waals surface area contributed by atoms with E-state index in [4.69, 9.17) is 31.1 Å². The Kier molecular flexibility index (Phi) is 11.1. The number of nitrogens with two attached hydrogens (primary N) is 1. The molecule has 1 aliphatic heterocycles. The zero-order valence-electron chi connectivity index (χ0n) is 27.1. The number of nitrogens with zero attached hydrogens (tertiary/aromatic N) is 5. The summed E-state index contributed by atoms with van der Waals surface area (Å²) in [4.78, 5) is 55.0. The molecule has 2 unspecified atom stereocenters. The number of hydrogen-bond donors (Lipinski definition) is 2. The van der Waals surface area contributed by atoms with Crippen molar-refractivity contribution in [2.24, 2.45) is 17.6 Å². The lowest BCUT2D eigenvalue weighted by molar-refractivity contribution is -0.340. The average Bonchev–Trinajstić information content (AvgIpc) is 3.56. The first-order chi connectivity index (χ1) is 22.6. The zero-order chi connectivity index (χ0) is 33.7. The van der Waals surface area contributed by atoms with Crippen molar-refractivity contribution in [3.63, 3.8) is 0 Å². The second-order valence-electron chi connectivity index (χ2n) is 12.4. The number of aromatic amines is 1. The SMILES string of the molecule is [C-]#[N+]c1c(C(=O)OC2C(C)CCCC2C)c2nc(-c3cc(SOON(C)C)cc(C(N)=O)c3)[nH]n2c1OC(=O)N1CCCCCCC1. The summed E-state index contributed by atoms with van der Waals surface area (Å²) in [7, 11) is 3.29. The quantitative estimate of drug-likeness (QED) is 0.0890. The molecule has 0 bridgehead atoms. The van der Waals surface area contributed by atoms with E-state index in [1.807, 2.05) is 0 Å². The second kappa shape index (κ2) is 15.2. The van der Waals surface area contributed by atoms with E-state index in [2.05, 4.69) is 28.8 Å². The molecule has 2 aromatic heterocycles. The summed E-state index contributed by atoms with van der Waals surface area (Å²) in [5.74, 6) is -1.07. The second-order valence-corrected chi connectivity index (χ2v) is 13.2. The van der Waals surface area contributed by atoms with Crippen molar-refractivity contribution in [1.82, 2.24) is 24.6 Å². The number of hydroxylamine groups is 2. The lowest BCUT2D eigenvalue weighted by atomic mass is 9.80. The Morgan fingerprint density at radius 1 is 1.04 bits per heavy atom. The van der Waals surface area contributed by atoms with E-state index in [9.17, 15) is 14.4 Å². The number of benzene rings is 1. The molecule has 0 radical (unpaired) electrons. The normalized spacial score (nSPS) is 20.4. The topological polar surface area (TPSA) is 158 Å². The molecule has 3 N–H and O–H groups in total. The maximum Gasteiger partial charge on any atom is 0.415 e. The number of fused-ring (bicyclic) bond motifs is 1. The summed E-state index contributed by atoms with van der Waals surface area (Å²) in [5.41, 5.74) is 5.98. The number of carbonyl (C=O) groups excluding carboxylic acids is 3. The van der Waals surface area contributed by atoms with E-state index in [-0.39, 0.29) is 52.1 Å². The van der Waals surface area contributed by atoms with Gasteiger partial charge in [0.2, 0.25) is 11.8 Å². The lowest BCUT2D eigenvalue weighted by Crippen LogP contribution is -2.36. The summed E-state index contributed by atoms with van der Waals surface area (Å²) >= 11 is 0.854. The van der Waals surface area contributed by atoms with Gasteiger partial charge < -0.3 is 20.1 Å². The van der Waals surface area contributed by atoms with Crippen LogP contribution in [0.4, 0.5) is 10.5 Å². The molecule has 2 aliphatic rings. The van der Waals surface area contributed by atoms with Gasteiger partial charge in [-0.15, -0.1) is 9.32 Å². The molecule has 0 spiro atoms. The van der Waals surface area contributed by atoms with E-state index in [1.54, 1.807) is 25.1 Å². The molecule has 252 valence electrons. The Morgan fingerprint density at radius 3 is 2.36 bits per heavy atom. The van der Waals surface area contributed by atoms with Crippen LogP contribution in [0.2, 0.25) is 0 Å². The monoisotopic (exact) mass is 667 g/mol. The number of amides is 2. The highest BCUT2D eigenvalue weighted by Gasteiger charge is 2.36. The van der Waals surface area contributed by atoms with Crippen molar-refractivity contribution in [2.75, 3.05) is 27.2 Å². The number of ether oxygens (including phenoxy) is 2. The van der Waals surface area contributed by atoms with Gasteiger partial charge in [0, 0.05) is 43.2 Å². The summed E-state index contributed by atoms with van der Waals surface area (Å²) < 4.78 is 18.4. The number of carbonyl (C=O) groups is 3. The van der Waals surface area contributed by atoms with E-state index in [0.717, 1.165) is 63.4 Å². The maximum atomic E-state index is 13.9. The van der Waals surface area contributed by atoms with Gasteiger partial charge >= 0.3 is 12.1 Å². The Hall–Kier alpha value is -4.10. The predicted molar refractivity (Wildman–Crippen MR) is 174 cm³/mol. The third-order valence-corrected chi connectivity index (χ3v) is 9.14. The summed E-state index contributed by atoms with van der Waals surface area (Å²) in [6.07, 6.45) is 6.79. The lowest BCUT2D eigenvalue weighted by Gasteiger charge is -2.33. The maximum absolute atomic E-state index is 13.9. The van der Waals surface area contributed by atoms with Crippen LogP contribution in [0.5, 0.6) is 5.88 Å². The third-order valence-electron chi connectivity index (χ3n) is 8.59. The highest BCUT2D eigenvalue weighted by molar-refractivity contribution is 7.94. The molecule has 1 saturated heterocycles. The minimum atomic E-state index is -0.720. The van der Waals surface area contributed by atoms with E-state index >= 15 is 0 Å². The number of rotatable bonds is 9. The Morgan fingerprint density at radius 2 is 1.72 bits per heavy atom. The summed E-state index contributed by atoms with van der Waals surface area (Å²) in [5, 5.41) is 4.42. The van der Waals surface area contributed by atoms with Gasteiger partial charge in [-0.25, -0.2) is 23.9 Å². The molecular weight excluding hydrogens is 626 g/mol. The molecule has 1 aromatic carbocycles. The number of nitrogens with one attached hydrogen (secondary N) is 1. The van der Waals surface area contributed by atoms with Crippen LogP contribution in [0.1, 0.15) is 85.9 Å². The fourth-order valence-electron chi connectivity index (χ4n) is 6.17. The van der Waals surface area contributed by atoms with Crippen molar-refractivity contribution < 1.29 is 33.2 Å². The molecule has 2 amide bonds. The van der Waals surface area contributed by atoms with Crippen LogP contribution in [-0.2, 0) is 14.1 Å². The van der Waals surface area contributed by atoms with Crippen molar-refractivity contribution >= 4 is 41.3 Å². The number of H-pyrrole nitrogens is 1. The average molecular weight is 668 g/mol. The largest absolute Gasteiger partial charge is 0.459 e. The van der Waals surface area contributed by atoms with Gasteiger partial charge in [-0.2, -0.15) is 5.06 Å². The number of likely N-dealkylation sites (tertiary alicyclic amines) is 1. The van der Waals surface area contributed by atoms with Gasteiger partial charge in [0.25, 0.3) is 5.69 Å². The van der Waals surface area contributed by atoms with Crippen LogP contribution in [0, 0.1) is 18.4 Å². The van der Waals surface area contributed by atoms with Gasteiger partial charge in [-0.1, -0.05) is 39.5 Å². The fraction of sp³-hybridized carbons (Fsp3) is 0.531. The Labute approximate surface area is 277 Å². The van der Waals surface area contributed by atoms with Crippen LogP contribution >= 0.6 is 12.0 Å². The van der Waals surface area contributed by atoms with Crippen LogP contribution in [0.25, 0.3) is 21.9 Å². The molecule has 2 fully saturated rings. The van der Waals surface area contributed by atoms with Crippen LogP contribution in [-0.4, -0.2) is 75.8 Å². The first kappa shape index (κ1) is 34.2. The molecule has 1 aliphatic carbocycles. The van der Waals surface area contributed by atoms with Crippen molar-refractivity contribution in [3.05, 3.63) is 40.7 Å². The molecule has 2 atom stereocenters. The third kappa shape index (κ3) is 7.90. The standard InChI is InChI=1S/C32H41N7O7S/c1-19-12-11-13-20(2)26(19)43-31(41)24-25(34-3)30(44-32(42)38-14-9-7-6-8-10-15-38)39-29(24)35-28(36-39)22-16-21(27(33)40)17-23(18-22)47-46-45-37(4)5/h16-20,26H,6-15H2,1-2,4-5H3,(H2,33,40)(H,35,36). The molecule has 47 heavy (non-hydrogen) atoms. The summed E-state index contributed by atoms with van der Waals surface area (Å²) in [6.45, 7) is 13.2. The van der Waals surface area contributed by atoms with Crippen LogP contribution in [0.15, 0.2) is 23.1 Å². The van der Waals surface area contributed by atoms with Gasteiger partial charge in [-0.05, 0) is 55.7 Å². The highest BCUT2D eigenvalue weighted by atomic mass is 32.2. The van der Waals surface area contributed by atoms with Crippen LogP contribution < -0.4 is 10.5 Å². The molecule has 15 heteroatoms. The molecule has 3 heterocycles. The number of primary amides is 1. The van der Waals surface area contributed by atoms with E-state index in [0.29, 0.717) is 23.5 Å². The summed E-state index contributed by atoms with van der Waals surface area (Å²) in [6, 6.07) is 4.75. The fourth-order valence-corrected chi connectivity index (χ4v) is 6.75. The molecule has 5 rings (SSSR count). The van der Waals surface area contributed by atoms with Gasteiger partial charge in [0.05, 0.1) is 18.6 Å². The van der Waals surface area contributed by atoms with Gasteiger partial charge in [0.1, 0.15) is 11.7 Å².